The first-order valence-corrected chi connectivity index (χ1v) is 11.1. The summed E-state index contributed by atoms with van der Waals surface area (Å²) < 4.78 is 52.9. The fraction of sp³-hybridized carbons (Fsp3) is 0.480. The van der Waals surface area contributed by atoms with Gasteiger partial charge in [0.25, 0.3) is 5.91 Å². The first-order valence-electron chi connectivity index (χ1n) is 11.1. The number of hydrogen-bond acceptors (Lipinski definition) is 3. The molecule has 1 amide bonds. The summed E-state index contributed by atoms with van der Waals surface area (Å²) in [6.45, 7) is 0.683. The van der Waals surface area contributed by atoms with Crippen LogP contribution >= 0.6 is 0 Å². The Balaban J connectivity index is 1.49. The van der Waals surface area contributed by atoms with Gasteiger partial charge in [0.1, 0.15) is 5.82 Å². The van der Waals surface area contributed by atoms with Gasteiger partial charge in [0.15, 0.2) is 5.60 Å². The molecule has 0 radical (unpaired) electrons. The largest absolute Gasteiger partial charge is 0.421 e. The molecule has 33 heavy (non-hydrogen) atoms. The highest BCUT2D eigenvalue weighted by molar-refractivity contribution is 5.95. The average molecular weight is 465 g/mol. The van der Waals surface area contributed by atoms with Gasteiger partial charge in [0.05, 0.1) is 5.60 Å². The molecular formula is C25H27F4NO3. The Morgan fingerprint density at radius 2 is 1.58 bits per heavy atom. The second-order valence-corrected chi connectivity index (χ2v) is 9.36. The first kappa shape index (κ1) is 23.7. The van der Waals surface area contributed by atoms with Crippen molar-refractivity contribution in [3.63, 3.8) is 0 Å². The Kier molecular flexibility index (Phi) is 6.03. The number of carbonyl (C=O) groups is 1. The number of halogens is 4. The van der Waals surface area contributed by atoms with E-state index in [-0.39, 0.29) is 29.1 Å². The molecule has 0 aliphatic heterocycles. The molecular weight excluding hydrogens is 438 g/mol. The van der Waals surface area contributed by atoms with Gasteiger partial charge in [-0.1, -0.05) is 24.3 Å². The minimum atomic E-state index is -4.83. The van der Waals surface area contributed by atoms with Crippen LogP contribution in [-0.2, 0) is 11.2 Å². The van der Waals surface area contributed by atoms with Crippen molar-refractivity contribution in [3.05, 3.63) is 71.0 Å². The van der Waals surface area contributed by atoms with Crippen molar-refractivity contribution < 1.29 is 32.6 Å². The van der Waals surface area contributed by atoms with Gasteiger partial charge in [0.2, 0.25) is 0 Å². The summed E-state index contributed by atoms with van der Waals surface area (Å²) in [5.74, 6) is -0.678. The molecule has 2 aromatic rings. The fourth-order valence-electron chi connectivity index (χ4n) is 4.66. The van der Waals surface area contributed by atoms with E-state index in [0.29, 0.717) is 38.2 Å². The van der Waals surface area contributed by atoms with Crippen molar-refractivity contribution in [3.8, 4) is 0 Å². The van der Waals surface area contributed by atoms with E-state index < -0.39 is 23.2 Å². The molecule has 0 aromatic heterocycles. The van der Waals surface area contributed by atoms with Gasteiger partial charge in [-0.05, 0) is 80.8 Å². The third kappa shape index (κ3) is 4.64. The van der Waals surface area contributed by atoms with E-state index in [0.717, 1.165) is 25.0 Å². The summed E-state index contributed by atoms with van der Waals surface area (Å²) in [7, 11) is 0. The van der Waals surface area contributed by atoms with Crippen molar-refractivity contribution >= 4 is 5.91 Å². The van der Waals surface area contributed by atoms with Crippen molar-refractivity contribution in [1.82, 2.24) is 4.90 Å². The summed E-state index contributed by atoms with van der Waals surface area (Å²) in [6.07, 6.45) is -1.28. The van der Waals surface area contributed by atoms with Gasteiger partial charge in [-0.15, -0.1) is 0 Å². The van der Waals surface area contributed by atoms with Crippen molar-refractivity contribution in [2.45, 2.75) is 74.9 Å². The highest BCUT2D eigenvalue weighted by Crippen LogP contribution is 2.42. The lowest BCUT2D eigenvalue weighted by atomic mass is 9.77. The number of nitrogens with zero attached hydrogens (tertiary/aromatic N) is 1. The van der Waals surface area contributed by atoms with Gasteiger partial charge in [0, 0.05) is 17.6 Å². The van der Waals surface area contributed by atoms with Crippen LogP contribution in [0.3, 0.4) is 0 Å². The summed E-state index contributed by atoms with van der Waals surface area (Å²) in [4.78, 5) is 15.1. The minimum Gasteiger partial charge on any atom is -0.385 e. The lowest BCUT2D eigenvalue weighted by Gasteiger charge is -2.41. The molecule has 8 heteroatoms. The normalized spacial score (nSPS) is 25.4. The first-order chi connectivity index (χ1) is 15.4. The van der Waals surface area contributed by atoms with Crippen LogP contribution in [-0.4, -0.2) is 39.3 Å². The van der Waals surface area contributed by atoms with Crippen LogP contribution in [0.15, 0.2) is 48.5 Å². The maximum absolute atomic E-state index is 13.6. The Hall–Kier alpha value is -2.45. The molecule has 1 atom stereocenters. The van der Waals surface area contributed by atoms with Crippen molar-refractivity contribution in [1.29, 1.82) is 0 Å². The molecule has 0 bridgehead atoms. The van der Waals surface area contributed by atoms with Crippen LogP contribution in [0, 0.1) is 5.82 Å². The minimum absolute atomic E-state index is 0.0702. The number of hydrogen-bond donors (Lipinski definition) is 2. The van der Waals surface area contributed by atoms with Gasteiger partial charge in [-0.3, -0.25) is 4.79 Å². The molecule has 2 saturated carbocycles. The summed E-state index contributed by atoms with van der Waals surface area (Å²) >= 11 is 0. The second kappa shape index (κ2) is 8.40. The molecule has 2 N–H and O–H groups in total. The standard InChI is InChI=1S/C25H27F4NO3/c1-23(32,25(27,28)29)17-7-5-16(6-8-17)22(31)30(20-9-10-20)21-11-13-24(33,14-12-21)18-3-2-4-19(26)15-18/h2-8,15,20-21,32-33H,9-14H2,1H3/t21-,23-,24+/m0/s1. The maximum atomic E-state index is 13.6. The fourth-order valence-corrected chi connectivity index (χ4v) is 4.66. The smallest absolute Gasteiger partial charge is 0.385 e. The van der Waals surface area contributed by atoms with E-state index in [1.807, 2.05) is 0 Å². The predicted octanol–water partition coefficient (Wildman–Crippen LogP) is 5.03. The lowest BCUT2D eigenvalue weighted by Crippen LogP contribution is -2.46. The second-order valence-electron chi connectivity index (χ2n) is 9.36. The number of aliphatic hydroxyl groups is 2. The predicted molar refractivity (Wildman–Crippen MR) is 114 cm³/mol. The molecule has 0 saturated heterocycles. The number of alkyl halides is 3. The van der Waals surface area contributed by atoms with E-state index in [1.165, 1.54) is 24.3 Å². The molecule has 0 heterocycles. The average Bonchev–Trinajstić information content (AvgIpc) is 3.60. The van der Waals surface area contributed by atoms with Gasteiger partial charge in [-0.2, -0.15) is 13.2 Å². The molecule has 2 fully saturated rings. The Morgan fingerprint density at radius 3 is 2.09 bits per heavy atom. The van der Waals surface area contributed by atoms with Crippen molar-refractivity contribution in [2.24, 2.45) is 0 Å². The Morgan fingerprint density at radius 1 is 1.00 bits per heavy atom. The number of rotatable bonds is 5. The van der Waals surface area contributed by atoms with E-state index in [4.69, 9.17) is 0 Å². The Labute approximate surface area is 189 Å². The number of amides is 1. The molecule has 4 nitrogen and oxygen atoms in total. The summed E-state index contributed by atoms with van der Waals surface area (Å²) in [5, 5.41) is 20.9. The van der Waals surface area contributed by atoms with Gasteiger partial charge in [-0.25, -0.2) is 4.39 Å². The molecule has 0 unspecified atom stereocenters. The van der Waals surface area contributed by atoms with Crippen LogP contribution in [0.5, 0.6) is 0 Å². The topological polar surface area (TPSA) is 60.8 Å². The van der Waals surface area contributed by atoms with Crippen LogP contribution in [0.25, 0.3) is 0 Å². The maximum Gasteiger partial charge on any atom is 0.421 e. The lowest BCUT2D eigenvalue weighted by molar-refractivity contribution is -0.258. The number of carbonyl (C=O) groups excluding carboxylic acids is 1. The van der Waals surface area contributed by atoms with Crippen LogP contribution < -0.4 is 0 Å². The quantitative estimate of drug-likeness (QED) is 0.609. The summed E-state index contributed by atoms with van der Waals surface area (Å²) in [6, 6.07) is 10.8. The third-order valence-electron chi connectivity index (χ3n) is 6.96. The van der Waals surface area contributed by atoms with E-state index in [1.54, 1.807) is 17.0 Å². The Bertz CT molecular complexity index is 1010. The monoisotopic (exact) mass is 465 g/mol. The van der Waals surface area contributed by atoms with E-state index in [2.05, 4.69) is 0 Å². The van der Waals surface area contributed by atoms with Crippen LogP contribution in [0.1, 0.15) is 66.9 Å². The zero-order valence-corrected chi connectivity index (χ0v) is 18.3. The van der Waals surface area contributed by atoms with Crippen LogP contribution in [0.2, 0.25) is 0 Å². The molecule has 0 spiro atoms. The van der Waals surface area contributed by atoms with Gasteiger partial charge < -0.3 is 15.1 Å². The molecule has 2 aliphatic rings. The zero-order chi connectivity index (χ0) is 24.0. The highest BCUT2D eigenvalue weighted by atomic mass is 19.4. The third-order valence-corrected chi connectivity index (χ3v) is 6.96. The van der Waals surface area contributed by atoms with E-state index in [9.17, 15) is 32.6 Å². The number of benzene rings is 2. The molecule has 2 aromatic carbocycles. The van der Waals surface area contributed by atoms with E-state index >= 15 is 0 Å². The van der Waals surface area contributed by atoms with Crippen LogP contribution in [0.4, 0.5) is 17.6 Å². The molecule has 178 valence electrons. The van der Waals surface area contributed by atoms with Gasteiger partial charge >= 0.3 is 6.18 Å². The SMILES string of the molecule is C[C@](O)(c1ccc(C(=O)N(C2CC2)[C@H]2CC[C@](O)(c3cccc(F)c3)CC2)cc1)C(F)(F)F. The van der Waals surface area contributed by atoms with Crippen molar-refractivity contribution in [2.75, 3.05) is 0 Å². The zero-order valence-electron chi connectivity index (χ0n) is 18.3. The summed E-state index contributed by atoms with van der Waals surface area (Å²) in [5.41, 5.74) is -3.70. The molecule has 2 aliphatic carbocycles. The highest BCUT2D eigenvalue weighted by Gasteiger charge is 2.51. The molecule has 4 rings (SSSR count).